The summed E-state index contributed by atoms with van der Waals surface area (Å²) in [5, 5.41) is 19.2. The second-order valence-corrected chi connectivity index (χ2v) is 4.30. The number of nitrogens with zero attached hydrogens (tertiary/aromatic N) is 1. The minimum absolute atomic E-state index is 0.423. The molecule has 0 bridgehead atoms. The highest BCUT2D eigenvalue weighted by Crippen LogP contribution is 2.34. The second-order valence-electron chi connectivity index (χ2n) is 4.30. The smallest absolute Gasteiger partial charge is 0.126 e. The molecule has 0 aliphatic carbocycles. The lowest BCUT2D eigenvalue weighted by atomic mass is 10.1. The van der Waals surface area contributed by atoms with Gasteiger partial charge in [-0.25, -0.2) is 0 Å². The predicted molar refractivity (Wildman–Crippen MR) is 68.6 cm³/mol. The van der Waals surface area contributed by atoms with Gasteiger partial charge in [0.25, 0.3) is 0 Å². The molecular weight excluding hydrogens is 218 g/mol. The zero-order valence-electron chi connectivity index (χ0n) is 10.8. The lowest BCUT2D eigenvalue weighted by Gasteiger charge is -2.26. The lowest BCUT2D eigenvalue weighted by molar-refractivity contribution is 0.191. The maximum Gasteiger partial charge on any atom is 0.126 e. The number of methoxy groups -OCH3 is 1. The van der Waals surface area contributed by atoms with E-state index in [-0.39, 0.29) is 0 Å². The Morgan fingerprint density at radius 2 is 1.94 bits per heavy atom. The van der Waals surface area contributed by atoms with E-state index in [0.717, 1.165) is 11.3 Å². The molecule has 0 fully saturated rings. The Morgan fingerprint density at radius 1 is 1.29 bits per heavy atom. The van der Waals surface area contributed by atoms with Gasteiger partial charge in [0.15, 0.2) is 0 Å². The molecule has 0 amide bonds. The van der Waals surface area contributed by atoms with Crippen LogP contribution in [0.15, 0.2) is 18.2 Å². The third-order valence-electron chi connectivity index (χ3n) is 2.63. The number of benzene rings is 1. The number of rotatable bonds is 5. The van der Waals surface area contributed by atoms with Gasteiger partial charge in [-0.1, -0.05) is 6.07 Å². The van der Waals surface area contributed by atoms with Crippen LogP contribution in [0.5, 0.6) is 5.75 Å². The minimum atomic E-state index is -0.613. The van der Waals surface area contributed by atoms with E-state index < -0.39 is 12.2 Å². The summed E-state index contributed by atoms with van der Waals surface area (Å²) in [5.41, 5.74) is 1.62. The number of aliphatic hydroxyl groups excluding tert-OH is 2. The van der Waals surface area contributed by atoms with Crippen LogP contribution in [-0.2, 0) is 0 Å². The van der Waals surface area contributed by atoms with Gasteiger partial charge in [0, 0.05) is 24.8 Å². The van der Waals surface area contributed by atoms with Crippen molar-refractivity contribution in [1.29, 1.82) is 0 Å². The number of hydrogen-bond donors (Lipinski definition) is 2. The van der Waals surface area contributed by atoms with Crippen molar-refractivity contribution < 1.29 is 14.9 Å². The molecule has 0 spiro atoms. The van der Waals surface area contributed by atoms with Crippen molar-refractivity contribution in [3.63, 3.8) is 0 Å². The van der Waals surface area contributed by atoms with Gasteiger partial charge >= 0.3 is 0 Å². The van der Waals surface area contributed by atoms with Crippen molar-refractivity contribution in [2.45, 2.75) is 26.1 Å². The second kappa shape index (κ2) is 5.89. The van der Waals surface area contributed by atoms with Gasteiger partial charge in [-0.3, -0.25) is 0 Å². The average Bonchev–Trinajstić information content (AvgIpc) is 2.26. The Bertz CT molecular complexity index is 364. The average molecular weight is 239 g/mol. The first-order valence-electron chi connectivity index (χ1n) is 5.71. The van der Waals surface area contributed by atoms with E-state index in [1.807, 2.05) is 30.1 Å². The van der Waals surface area contributed by atoms with E-state index in [2.05, 4.69) is 0 Å². The maximum absolute atomic E-state index is 9.83. The third-order valence-corrected chi connectivity index (χ3v) is 2.63. The Balaban J connectivity index is 3.13. The summed E-state index contributed by atoms with van der Waals surface area (Å²) in [5.74, 6) is 0.662. The van der Waals surface area contributed by atoms with Crippen LogP contribution in [0.4, 0.5) is 5.69 Å². The monoisotopic (exact) mass is 239 g/mol. The number of ether oxygens (including phenoxy) is 1. The molecule has 0 aliphatic rings. The third kappa shape index (κ3) is 3.35. The molecule has 1 aromatic rings. The SMILES string of the molecule is COc1cccc(N(C)CC(C)O)c1[C@H](C)O. The number of hydrogen-bond acceptors (Lipinski definition) is 4. The van der Waals surface area contributed by atoms with Gasteiger partial charge in [-0.05, 0) is 26.0 Å². The summed E-state index contributed by atoms with van der Waals surface area (Å²) < 4.78 is 5.25. The summed E-state index contributed by atoms with van der Waals surface area (Å²) in [7, 11) is 3.47. The molecule has 4 nitrogen and oxygen atoms in total. The molecular formula is C13H21NO3. The highest BCUT2D eigenvalue weighted by molar-refractivity contribution is 5.60. The van der Waals surface area contributed by atoms with Crippen molar-refractivity contribution in [2.24, 2.45) is 0 Å². The van der Waals surface area contributed by atoms with Crippen LogP contribution in [0, 0.1) is 0 Å². The molecule has 4 heteroatoms. The molecule has 1 aromatic carbocycles. The van der Waals surface area contributed by atoms with Crippen molar-refractivity contribution in [3.05, 3.63) is 23.8 Å². The quantitative estimate of drug-likeness (QED) is 0.819. The van der Waals surface area contributed by atoms with Crippen LogP contribution >= 0.6 is 0 Å². The molecule has 0 saturated heterocycles. The van der Waals surface area contributed by atoms with E-state index in [1.54, 1.807) is 21.0 Å². The fraction of sp³-hybridized carbons (Fsp3) is 0.538. The highest BCUT2D eigenvalue weighted by Gasteiger charge is 2.17. The topological polar surface area (TPSA) is 52.9 Å². The van der Waals surface area contributed by atoms with E-state index in [1.165, 1.54) is 0 Å². The maximum atomic E-state index is 9.83. The zero-order valence-corrected chi connectivity index (χ0v) is 10.8. The normalized spacial score (nSPS) is 14.2. The van der Waals surface area contributed by atoms with Crippen LogP contribution in [0.3, 0.4) is 0 Å². The summed E-state index contributed by atoms with van der Waals surface area (Å²) in [4.78, 5) is 1.91. The van der Waals surface area contributed by atoms with Crippen LogP contribution in [0.1, 0.15) is 25.5 Å². The molecule has 0 saturated carbocycles. The highest BCUT2D eigenvalue weighted by atomic mass is 16.5. The Hall–Kier alpha value is -1.26. The molecule has 0 heterocycles. The van der Waals surface area contributed by atoms with Crippen LogP contribution < -0.4 is 9.64 Å². The fourth-order valence-corrected chi connectivity index (χ4v) is 1.96. The van der Waals surface area contributed by atoms with Gasteiger partial charge < -0.3 is 19.8 Å². The fourth-order valence-electron chi connectivity index (χ4n) is 1.96. The Morgan fingerprint density at radius 3 is 2.41 bits per heavy atom. The Kier molecular flexibility index (Phi) is 4.78. The minimum Gasteiger partial charge on any atom is -0.496 e. The van der Waals surface area contributed by atoms with Crippen molar-refractivity contribution in [3.8, 4) is 5.75 Å². The first kappa shape index (κ1) is 13.8. The first-order chi connectivity index (χ1) is 7.97. The van der Waals surface area contributed by atoms with Crippen molar-refractivity contribution >= 4 is 5.69 Å². The van der Waals surface area contributed by atoms with Gasteiger partial charge in [0.05, 0.1) is 19.3 Å². The zero-order chi connectivity index (χ0) is 13.0. The lowest BCUT2D eigenvalue weighted by Crippen LogP contribution is -2.28. The van der Waals surface area contributed by atoms with Gasteiger partial charge in [-0.15, -0.1) is 0 Å². The van der Waals surface area contributed by atoms with Crippen molar-refractivity contribution in [1.82, 2.24) is 0 Å². The summed E-state index contributed by atoms with van der Waals surface area (Å²) in [6.07, 6.45) is -1.04. The Labute approximate surface area is 102 Å². The van der Waals surface area contributed by atoms with E-state index >= 15 is 0 Å². The number of anilines is 1. The van der Waals surface area contributed by atoms with Crippen LogP contribution in [-0.4, -0.2) is 37.0 Å². The summed E-state index contributed by atoms with van der Waals surface area (Å²) in [6.45, 7) is 3.95. The number of likely N-dealkylation sites (N-methyl/N-ethyl adjacent to an activating group) is 1. The van der Waals surface area contributed by atoms with Gasteiger partial charge in [0.1, 0.15) is 5.75 Å². The van der Waals surface area contributed by atoms with Crippen LogP contribution in [0.2, 0.25) is 0 Å². The molecule has 17 heavy (non-hydrogen) atoms. The van der Waals surface area contributed by atoms with E-state index in [0.29, 0.717) is 12.3 Å². The standard InChI is InChI=1S/C13H21NO3/c1-9(15)8-14(3)11-6-5-7-12(17-4)13(11)10(2)16/h5-7,9-10,15-16H,8H2,1-4H3/t9?,10-/m0/s1. The molecule has 2 atom stereocenters. The van der Waals surface area contributed by atoms with Crippen molar-refractivity contribution in [2.75, 3.05) is 25.6 Å². The van der Waals surface area contributed by atoms with Gasteiger partial charge in [-0.2, -0.15) is 0 Å². The van der Waals surface area contributed by atoms with Gasteiger partial charge in [0.2, 0.25) is 0 Å². The molecule has 1 rings (SSSR count). The molecule has 2 N–H and O–H groups in total. The van der Waals surface area contributed by atoms with E-state index in [9.17, 15) is 10.2 Å². The molecule has 0 aliphatic heterocycles. The summed E-state index contributed by atoms with van der Waals surface area (Å²) >= 11 is 0. The summed E-state index contributed by atoms with van der Waals surface area (Å²) in [6, 6.07) is 5.60. The molecule has 96 valence electrons. The van der Waals surface area contributed by atoms with E-state index in [4.69, 9.17) is 4.74 Å². The molecule has 1 unspecified atom stereocenters. The van der Waals surface area contributed by atoms with Crippen LogP contribution in [0.25, 0.3) is 0 Å². The predicted octanol–water partition coefficient (Wildman–Crippen LogP) is 1.57. The largest absolute Gasteiger partial charge is 0.496 e. The first-order valence-corrected chi connectivity index (χ1v) is 5.71. The number of aliphatic hydroxyl groups is 2. The molecule has 0 aromatic heterocycles. The molecule has 0 radical (unpaired) electrons.